The SMILES string of the molecule is CC1Cc2ccccc2N1CC1C2CCC(C2)C1N. The van der Waals surface area contributed by atoms with E-state index in [9.17, 15) is 0 Å². The Morgan fingerprint density at radius 3 is 2.79 bits per heavy atom. The second kappa shape index (κ2) is 4.24. The van der Waals surface area contributed by atoms with Crippen molar-refractivity contribution in [3.63, 3.8) is 0 Å². The minimum atomic E-state index is 0.457. The van der Waals surface area contributed by atoms with Crippen LogP contribution in [-0.4, -0.2) is 18.6 Å². The molecule has 3 aliphatic rings. The van der Waals surface area contributed by atoms with Crippen molar-refractivity contribution in [1.29, 1.82) is 0 Å². The lowest BCUT2D eigenvalue weighted by molar-refractivity contribution is 0.287. The van der Waals surface area contributed by atoms with Crippen LogP contribution in [0.1, 0.15) is 31.7 Å². The van der Waals surface area contributed by atoms with Gasteiger partial charge in [0.1, 0.15) is 0 Å². The molecular weight excluding hydrogens is 232 g/mol. The van der Waals surface area contributed by atoms with Gasteiger partial charge in [-0.2, -0.15) is 0 Å². The van der Waals surface area contributed by atoms with Crippen molar-refractivity contribution < 1.29 is 0 Å². The van der Waals surface area contributed by atoms with Crippen LogP contribution in [0.2, 0.25) is 0 Å². The summed E-state index contributed by atoms with van der Waals surface area (Å²) in [6.07, 6.45) is 5.41. The Balaban J connectivity index is 1.57. The molecule has 0 saturated heterocycles. The zero-order valence-corrected chi connectivity index (χ0v) is 11.8. The van der Waals surface area contributed by atoms with E-state index in [0.29, 0.717) is 12.1 Å². The van der Waals surface area contributed by atoms with E-state index in [1.54, 1.807) is 0 Å². The summed E-state index contributed by atoms with van der Waals surface area (Å²) >= 11 is 0. The predicted molar refractivity (Wildman–Crippen MR) is 79.3 cm³/mol. The highest BCUT2D eigenvalue weighted by molar-refractivity contribution is 5.59. The van der Waals surface area contributed by atoms with Crippen LogP contribution in [0.3, 0.4) is 0 Å². The fourth-order valence-corrected chi connectivity index (χ4v) is 4.86. The van der Waals surface area contributed by atoms with Gasteiger partial charge in [-0.3, -0.25) is 0 Å². The highest BCUT2D eigenvalue weighted by Crippen LogP contribution is 2.48. The molecule has 2 bridgehead atoms. The standard InChI is InChI=1S/C17H24N2/c1-11-8-13-4-2-3-5-16(13)19(11)10-15-12-6-7-14(9-12)17(15)18/h2-5,11-12,14-15,17H,6-10,18H2,1H3. The number of hydrogen-bond acceptors (Lipinski definition) is 2. The highest BCUT2D eigenvalue weighted by Gasteiger charge is 2.46. The van der Waals surface area contributed by atoms with Crippen molar-refractivity contribution in [2.24, 2.45) is 23.5 Å². The smallest absolute Gasteiger partial charge is 0.0402 e. The third-order valence-electron chi connectivity index (χ3n) is 5.91. The molecule has 2 fully saturated rings. The van der Waals surface area contributed by atoms with Crippen LogP contribution in [-0.2, 0) is 6.42 Å². The Kier molecular flexibility index (Phi) is 2.63. The Morgan fingerprint density at radius 2 is 2.00 bits per heavy atom. The molecule has 19 heavy (non-hydrogen) atoms. The van der Waals surface area contributed by atoms with Crippen LogP contribution in [0.15, 0.2) is 24.3 Å². The quantitative estimate of drug-likeness (QED) is 0.881. The number of fused-ring (bicyclic) bond motifs is 3. The Hall–Kier alpha value is -1.02. The van der Waals surface area contributed by atoms with E-state index in [2.05, 4.69) is 36.1 Å². The summed E-state index contributed by atoms with van der Waals surface area (Å²) in [5, 5.41) is 0. The van der Waals surface area contributed by atoms with Gasteiger partial charge in [0.05, 0.1) is 0 Å². The summed E-state index contributed by atoms with van der Waals surface area (Å²) in [7, 11) is 0. The van der Waals surface area contributed by atoms with Gasteiger partial charge in [-0.25, -0.2) is 0 Å². The molecule has 2 N–H and O–H groups in total. The fraction of sp³-hybridized carbons (Fsp3) is 0.647. The molecule has 1 aromatic rings. The zero-order chi connectivity index (χ0) is 13.0. The number of nitrogens with zero attached hydrogens (tertiary/aromatic N) is 1. The predicted octanol–water partition coefficient (Wildman–Crippen LogP) is 2.81. The summed E-state index contributed by atoms with van der Waals surface area (Å²) in [5.74, 6) is 2.45. The molecule has 0 amide bonds. The maximum atomic E-state index is 6.48. The lowest BCUT2D eigenvalue weighted by atomic mass is 9.84. The minimum absolute atomic E-state index is 0.457. The molecule has 1 heterocycles. The molecule has 0 aromatic heterocycles. The normalized spacial score (nSPS) is 39.9. The van der Waals surface area contributed by atoms with E-state index in [0.717, 1.165) is 17.8 Å². The van der Waals surface area contributed by atoms with Gasteiger partial charge in [0.2, 0.25) is 0 Å². The molecule has 1 aliphatic heterocycles. The Labute approximate surface area is 116 Å². The minimum Gasteiger partial charge on any atom is -0.368 e. The third kappa shape index (κ3) is 1.73. The average molecular weight is 256 g/mol. The van der Waals surface area contributed by atoms with Crippen molar-refractivity contribution in [1.82, 2.24) is 0 Å². The number of anilines is 1. The van der Waals surface area contributed by atoms with Gasteiger partial charge >= 0.3 is 0 Å². The Morgan fingerprint density at radius 1 is 1.21 bits per heavy atom. The summed E-state index contributed by atoms with van der Waals surface area (Å²) in [5.41, 5.74) is 9.46. The maximum Gasteiger partial charge on any atom is 0.0402 e. The van der Waals surface area contributed by atoms with Crippen molar-refractivity contribution in [3.05, 3.63) is 29.8 Å². The van der Waals surface area contributed by atoms with E-state index >= 15 is 0 Å². The molecule has 2 heteroatoms. The van der Waals surface area contributed by atoms with Crippen LogP contribution < -0.4 is 10.6 Å². The molecule has 2 saturated carbocycles. The van der Waals surface area contributed by atoms with Crippen LogP contribution in [0.25, 0.3) is 0 Å². The van der Waals surface area contributed by atoms with Crippen LogP contribution in [0.5, 0.6) is 0 Å². The van der Waals surface area contributed by atoms with Gasteiger partial charge in [-0.05, 0) is 62.0 Å². The summed E-state index contributed by atoms with van der Waals surface area (Å²) in [4.78, 5) is 2.63. The second-order valence-electron chi connectivity index (χ2n) is 6.91. The highest BCUT2D eigenvalue weighted by atomic mass is 15.2. The van der Waals surface area contributed by atoms with Gasteiger partial charge in [0, 0.05) is 24.3 Å². The molecule has 0 radical (unpaired) electrons. The second-order valence-corrected chi connectivity index (χ2v) is 6.91. The monoisotopic (exact) mass is 256 g/mol. The summed E-state index contributed by atoms with van der Waals surface area (Å²) in [6, 6.07) is 10.0. The molecule has 5 atom stereocenters. The van der Waals surface area contributed by atoms with E-state index in [1.165, 1.54) is 43.5 Å². The molecule has 4 rings (SSSR count). The van der Waals surface area contributed by atoms with Crippen LogP contribution in [0, 0.1) is 17.8 Å². The molecule has 2 nitrogen and oxygen atoms in total. The van der Waals surface area contributed by atoms with Crippen molar-refractivity contribution in [2.45, 2.75) is 44.7 Å². The van der Waals surface area contributed by atoms with E-state index in [1.807, 2.05) is 0 Å². The lowest BCUT2D eigenvalue weighted by Crippen LogP contribution is -2.44. The third-order valence-corrected chi connectivity index (χ3v) is 5.91. The molecule has 0 spiro atoms. The number of rotatable bonds is 2. The van der Waals surface area contributed by atoms with Crippen molar-refractivity contribution >= 4 is 5.69 Å². The summed E-state index contributed by atoms with van der Waals surface area (Å²) in [6.45, 7) is 3.54. The fourth-order valence-electron chi connectivity index (χ4n) is 4.86. The molecular formula is C17H24N2. The largest absolute Gasteiger partial charge is 0.368 e. The van der Waals surface area contributed by atoms with E-state index in [-0.39, 0.29) is 0 Å². The first-order valence-electron chi connectivity index (χ1n) is 7.84. The zero-order valence-electron chi connectivity index (χ0n) is 11.8. The van der Waals surface area contributed by atoms with Crippen molar-refractivity contribution in [2.75, 3.05) is 11.4 Å². The van der Waals surface area contributed by atoms with Gasteiger partial charge in [0.25, 0.3) is 0 Å². The van der Waals surface area contributed by atoms with Crippen molar-refractivity contribution in [3.8, 4) is 0 Å². The van der Waals surface area contributed by atoms with Gasteiger partial charge in [-0.15, -0.1) is 0 Å². The molecule has 5 unspecified atom stereocenters. The summed E-state index contributed by atoms with van der Waals surface area (Å²) < 4.78 is 0. The first-order chi connectivity index (χ1) is 9.24. The maximum absolute atomic E-state index is 6.48. The topological polar surface area (TPSA) is 29.3 Å². The van der Waals surface area contributed by atoms with Gasteiger partial charge in [0.15, 0.2) is 0 Å². The van der Waals surface area contributed by atoms with E-state index < -0.39 is 0 Å². The number of hydrogen-bond donors (Lipinski definition) is 1. The average Bonchev–Trinajstić information content (AvgIpc) is 3.06. The van der Waals surface area contributed by atoms with Crippen LogP contribution in [0.4, 0.5) is 5.69 Å². The van der Waals surface area contributed by atoms with Gasteiger partial charge < -0.3 is 10.6 Å². The van der Waals surface area contributed by atoms with Crippen LogP contribution >= 0.6 is 0 Å². The first-order valence-corrected chi connectivity index (χ1v) is 7.84. The van der Waals surface area contributed by atoms with Gasteiger partial charge in [-0.1, -0.05) is 18.2 Å². The number of nitrogens with two attached hydrogens (primary N) is 1. The Bertz CT molecular complexity index is 482. The molecule has 2 aliphatic carbocycles. The number of benzene rings is 1. The number of para-hydroxylation sites is 1. The molecule has 102 valence electrons. The molecule has 1 aromatic carbocycles. The first kappa shape index (κ1) is 11.8. The van der Waals surface area contributed by atoms with E-state index in [4.69, 9.17) is 5.73 Å². The lowest BCUT2D eigenvalue weighted by Gasteiger charge is -2.35.